The first-order valence-electron chi connectivity index (χ1n) is 10.5. The van der Waals surface area contributed by atoms with E-state index in [-0.39, 0.29) is 19.8 Å². The Morgan fingerprint density at radius 3 is 2.07 bits per heavy atom. The van der Waals surface area contributed by atoms with Crippen LogP contribution in [0.2, 0.25) is 0 Å². The highest BCUT2D eigenvalue weighted by Crippen LogP contribution is 2.15. The highest BCUT2D eigenvalue weighted by atomic mass is 16.5. The predicted octanol–water partition coefficient (Wildman–Crippen LogP) is 3.01. The van der Waals surface area contributed by atoms with Crippen LogP contribution in [0.1, 0.15) is 57.4 Å². The Morgan fingerprint density at radius 2 is 1.48 bits per heavy atom. The van der Waals surface area contributed by atoms with Gasteiger partial charge >= 0.3 is 0 Å². The summed E-state index contributed by atoms with van der Waals surface area (Å²) in [4.78, 5) is 1.82. The first-order chi connectivity index (χ1) is 13.2. The van der Waals surface area contributed by atoms with Crippen LogP contribution in [-0.2, 0) is 6.42 Å². The summed E-state index contributed by atoms with van der Waals surface area (Å²) in [6, 6.07) is 8.12. The zero-order valence-corrected chi connectivity index (χ0v) is 17.0. The molecule has 156 valence electrons. The molecule has 1 aromatic carbocycles. The molecule has 0 fully saturated rings. The molecule has 5 heteroatoms. The van der Waals surface area contributed by atoms with Crippen LogP contribution in [0.3, 0.4) is 0 Å². The van der Waals surface area contributed by atoms with Crippen LogP contribution < -0.4 is 4.74 Å². The number of ether oxygens (including phenoxy) is 1. The van der Waals surface area contributed by atoms with Crippen molar-refractivity contribution in [1.29, 1.82) is 0 Å². The van der Waals surface area contributed by atoms with E-state index < -0.39 is 6.10 Å². The fraction of sp³-hybridized carbons (Fsp3) is 0.727. The standard InChI is InChI=1S/C22H39NO4/c1-2-3-4-5-6-7-8-9-20-10-12-22(13-11-20)27-19-21(26)18-23(14-16-24)15-17-25/h10-13,21,24-26H,2-9,14-19H2,1H3. The van der Waals surface area contributed by atoms with Crippen LogP contribution in [0, 0.1) is 0 Å². The molecule has 0 aliphatic heterocycles. The number of hydrogen-bond acceptors (Lipinski definition) is 5. The lowest BCUT2D eigenvalue weighted by Crippen LogP contribution is -2.38. The molecule has 1 atom stereocenters. The Morgan fingerprint density at radius 1 is 0.889 bits per heavy atom. The van der Waals surface area contributed by atoms with Crippen molar-refractivity contribution < 1.29 is 20.1 Å². The van der Waals surface area contributed by atoms with E-state index in [1.165, 1.54) is 50.5 Å². The average Bonchev–Trinajstić information content (AvgIpc) is 2.67. The van der Waals surface area contributed by atoms with Gasteiger partial charge in [0.15, 0.2) is 0 Å². The molecule has 0 spiro atoms. The average molecular weight is 382 g/mol. The first-order valence-corrected chi connectivity index (χ1v) is 10.5. The number of aliphatic hydroxyl groups is 3. The van der Waals surface area contributed by atoms with Crippen LogP contribution in [0.25, 0.3) is 0 Å². The van der Waals surface area contributed by atoms with Crippen molar-refractivity contribution in [2.24, 2.45) is 0 Å². The highest BCUT2D eigenvalue weighted by Gasteiger charge is 2.12. The Labute approximate surface area is 165 Å². The lowest BCUT2D eigenvalue weighted by atomic mass is 10.0. The van der Waals surface area contributed by atoms with Crippen LogP contribution in [0.15, 0.2) is 24.3 Å². The fourth-order valence-electron chi connectivity index (χ4n) is 3.16. The molecule has 0 radical (unpaired) electrons. The number of aliphatic hydroxyl groups excluding tert-OH is 3. The lowest BCUT2D eigenvalue weighted by Gasteiger charge is -2.23. The van der Waals surface area contributed by atoms with Crippen LogP contribution >= 0.6 is 0 Å². The second-order valence-corrected chi connectivity index (χ2v) is 7.23. The lowest BCUT2D eigenvalue weighted by molar-refractivity contribution is 0.0552. The molecule has 0 saturated carbocycles. The molecule has 0 aliphatic rings. The topological polar surface area (TPSA) is 73.2 Å². The molecular weight excluding hydrogens is 342 g/mol. The zero-order chi connectivity index (χ0) is 19.7. The fourth-order valence-corrected chi connectivity index (χ4v) is 3.16. The molecule has 5 nitrogen and oxygen atoms in total. The second kappa shape index (κ2) is 15.9. The van der Waals surface area contributed by atoms with Gasteiger partial charge in [0.1, 0.15) is 18.5 Å². The summed E-state index contributed by atoms with van der Waals surface area (Å²) in [6.07, 6.45) is 9.70. The van der Waals surface area contributed by atoms with E-state index in [0.29, 0.717) is 19.6 Å². The van der Waals surface area contributed by atoms with Crippen LogP contribution in [0.5, 0.6) is 5.75 Å². The minimum atomic E-state index is -0.657. The summed E-state index contributed by atoms with van der Waals surface area (Å²) < 4.78 is 5.66. The molecule has 0 aliphatic carbocycles. The van der Waals surface area contributed by atoms with E-state index in [0.717, 1.165) is 12.2 Å². The number of unbranched alkanes of at least 4 members (excludes halogenated alkanes) is 6. The van der Waals surface area contributed by atoms with Crippen molar-refractivity contribution in [3.05, 3.63) is 29.8 Å². The molecule has 0 aromatic heterocycles. The number of hydrogen-bond donors (Lipinski definition) is 3. The van der Waals surface area contributed by atoms with Crippen molar-refractivity contribution in [2.45, 2.75) is 64.4 Å². The van der Waals surface area contributed by atoms with Gasteiger partial charge in [-0.25, -0.2) is 0 Å². The van der Waals surface area contributed by atoms with Gasteiger partial charge in [-0.1, -0.05) is 57.6 Å². The van der Waals surface area contributed by atoms with E-state index >= 15 is 0 Å². The Balaban J connectivity index is 2.21. The highest BCUT2D eigenvalue weighted by molar-refractivity contribution is 5.27. The van der Waals surface area contributed by atoms with Crippen molar-refractivity contribution in [1.82, 2.24) is 4.90 Å². The second-order valence-electron chi connectivity index (χ2n) is 7.23. The maximum Gasteiger partial charge on any atom is 0.119 e. The summed E-state index contributed by atoms with van der Waals surface area (Å²) in [6.45, 7) is 3.71. The summed E-state index contributed by atoms with van der Waals surface area (Å²) in [5.41, 5.74) is 1.33. The Bertz CT molecular complexity index is 446. The van der Waals surface area contributed by atoms with Gasteiger partial charge in [0.2, 0.25) is 0 Å². The molecule has 3 N–H and O–H groups in total. The van der Waals surface area contributed by atoms with Gasteiger partial charge in [-0.15, -0.1) is 0 Å². The minimum Gasteiger partial charge on any atom is -0.491 e. The number of aryl methyl sites for hydroxylation is 1. The van der Waals surface area contributed by atoms with Crippen LogP contribution in [-0.4, -0.2) is 65.8 Å². The molecule has 27 heavy (non-hydrogen) atoms. The Kier molecular flexibility index (Phi) is 14.0. The van der Waals surface area contributed by atoms with E-state index in [9.17, 15) is 5.11 Å². The van der Waals surface area contributed by atoms with Gasteiger partial charge in [-0.2, -0.15) is 0 Å². The minimum absolute atomic E-state index is 0.00772. The van der Waals surface area contributed by atoms with Crippen molar-refractivity contribution in [3.8, 4) is 5.75 Å². The molecule has 1 rings (SSSR count). The third kappa shape index (κ3) is 12.0. The molecule has 1 unspecified atom stereocenters. The number of benzene rings is 1. The summed E-state index contributed by atoms with van der Waals surface area (Å²) in [5, 5.41) is 28.1. The summed E-state index contributed by atoms with van der Waals surface area (Å²) in [5.74, 6) is 0.758. The number of nitrogens with zero attached hydrogens (tertiary/aromatic N) is 1. The van der Waals surface area contributed by atoms with E-state index in [4.69, 9.17) is 14.9 Å². The van der Waals surface area contributed by atoms with Crippen LogP contribution in [0.4, 0.5) is 0 Å². The maximum atomic E-state index is 10.1. The van der Waals surface area contributed by atoms with Crippen molar-refractivity contribution in [3.63, 3.8) is 0 Å². The Hall–Kier alpha value is -1.14. The summed E-state index contributed by atoms with van der Waals surface area (Å²) >= 11 is 0. The van der Waals surface area contributed by atoms with Gasteiger partial charge in [0.25, 0.3) is 0 Å². The normalized spacial score (nSPS) is 12.5. The van der Waals surface area contributed by atoms with Crippen molar-refractivity contribution >= 4 is 0 Å². The van der Waals surface area contributed by atoms with Gasteiger partial charge in [0.05, 0.1) is 13.2 Å². The quantitative estimate of drug-likeness (QED) is 0.362. The predicted molar refractivity (Wildman–Crippen MR) is 110 cm³/mol. The molecular formula is C22H39NO4. The molecule has 0 bridgehead atoms. The summed E-state index contributed by atoms with van der Waals surface area (Å²) in [7, 11) is 0. The third-order valence-electron chi connectivity index (χ3n) is 4.74. The van der Waals surface area contributed by atoms with Gasteiger partial charge < -0.3 is 20.1 Å². The smallest absolute Gasteiger partial charge is 0.119 e. The molecule has 0 saturated heterocycles. The van der Waals surface area contributed by atoms with E-state index in [1.54, 1.807) is 0 Å². The zero-order valence-electron chi connectivity index (χ0n) is 17.0. The largest absolute Gasteiger partial charge is 0.491 e. The van der Waals surface area contributed by atoms with Gasteiger partial charge in [0, 0.05) is 19.6 Å². The molecule has 0 heterocycles. The number of rotatable bonds is 17. The third-order valence-corrected chi connectivity index (χ3v) is 4.74. The first kappa shape index (κ1) is 23.9. The monoisotopic (exact) mass is 381 g/mol. The van der Waals surface area contributed by atoms with Crippen molar-refractivity contribution in [2.75, 3.05) is 39.5 Å². The van der Waals surface area contributed by atoms with Gasteiger partial charge in [-0.05, 0) is 30.5 Å². The maximum absolute atomic E-state index is 10.1. The SMILES string of the molecule is CCCCCCCCCc1ccc(OCC(O)CN(CCO)CCO)cc1. The van der Waals surface area contributed by atoms with E-state index in [2.05, 4.69) is 19.1 Å². The molecule has 0 amide bonds. The van der Waals surface area contributed by atoms with Gasteiger partial charge in [-0.3, -0.25) is 4.90 Å². The molecule has 1 aromatic rings. The van der Waals surface area contributed by atoms with E-state index in [1.807, 2.05) is 17.0 Å².